The summed E-state index contributed by atoms with van der Waals surface area (Å²) in [7, 11) is 0. The predicted molar refractivity (Wildman–Crippen MR) is 87.5 cm³/mol. The van der Waals surface area contributed by atoms with Crippen molar-refractivity contribution in [2.75, 3.05) is 6.54 Å². The molecule has 0 radical (unpaired) electrons. The minimum absolute atomic E-state index is 0.0150. The van der Waals surface area contributed by atoms with Crippen LogP contribution in [0.15, 0.2) is 53.1 Å². The minimum Gasteiger partial charge on any atom is -0.467 e. The highest BCUT2D eigenvalue weighted by Crippen LogP contribution is 2.21. The van der Waals surface area contributed by atoms with Gasteiger partial charge in [-0.3, -0.25) is 10.1 Å². The molecule has 1 aromatic carbocycles. The molecule has 2 aromatic rings. The molecule has 0 fully saturated rings. The summed E-state index contributed by atoms with van der Waals surface area (Å²) < 4.78 is 5.51. The van der Waals surface area contributed by atoms with Crippen molar-refractivity contribution in [3.05, 3.63) is 60.1 Å². The highest BCUT2D eigenvalue weighted by molar-refractivity contribution is 5.78. The van der Waals surface area contributed by atoms with Crippen molar-refractivity contribution >= 4 is 5.91 Å². The second-order valence-corrected chi connectivity index (χ2v) is 5.32. The van der Waals surface area contributed by atoms with Crippen molar-refractivity contribution in [1.29, 1.82) is 0 Å². The lowest BCUT2D eigenvalue weighted by Gasteiger charge is -2.19. The number of benzene rings is 1. The molecule has 4 nitrogen and oxygen atoms in total. The molecule has 22 heavy (non-hydrogen) atoms. The van der Waals surface area contributed by atoms with Gasteiger partial charge in [-0.1, -0.05) is 44.2 Å². The van der Waals surface area contributed by atoms with Crippen LogP contribution in [0.3, 0.4) is 0 Å². The Kier molecular flexibility index (Phi) is 6.22. The maximum atomic E-state index is 12.1. The van der Waals surface area contributed by atoms with Gasteiger partial charge in [-0.15, -0.1) is 0 Å². The topological polar surface area (TPSA) is 54.3 Å². The number of rotatable bonds is 8. The Morgan fingerprint density at radius 3 is 2.41 bits per heavy atom. The number of hydrogen-bond acceptors (Lipinski definition) is 3. The summed E-state index contributed by atoms with van der Waals surface area (Å²) in [4.78, 5) is 12.1. The quantitative estimate of drug-likeness (QED) is 0.787. The Hall–Kier alpha value is -2.07. The third-order valence-corrected chi connectivity index (χ3v) is 3.78. The van der Waals surface area contributed by atoms with Gasteiger partial charge in [0.25, 0.3) is 0 Å². The third-order valence-electron chi connectivity index (χ3n) is 3.78. The van der Waals surface area contributed by atoms with Crippen molar-refractivity contribution in [1.82, 2.24) is 10.6 Å². The van der Waals surface area contributed by atoms with E-state index in [9.17, 15) is 4.79 Å². The van der Waals surface area contributed by atoms with Crippen LogP contribution in [0.4, 0.5) is 0 Å². The molecule has 0 aliphatic heterocycles. The summed E-state index contributed by atoms with van der Waals surface area (Å²) in [6.45, 7) is 4.42. The van der Waals surface area contributed by atoms with E-state index in [1.807, 2.05) is 42.5 Å². The Bertz CT molecular complexity index is 548. The molecule has 2 N–H and O–H groups in total. The average Bonchev–Trinajstić information content (AvgIpc) is 3.08. The summed E-state index contributed by atoms with van der Waals surface area (Å²) in [5.74, 6) is 0.822. The Balaban J connectivity index is 2.01. The van der Waals surface area contributed by atoms with E-state index in [-0.39, 0.29) is 24.5 Å². The highest BCUT2D eigenvalue weighted by atomic mass is 16.3. The van der Waals surface area contributed by atoms with Crippen molar-refractivity contribution in [2.24, 2.45) is 0 Å². The van der Waals surface area contributed by atoms with Crippen LogP contribution in [0.25, 0.3) is 0 Å². The maximum Gasteiger partial charge on any atom is 0.234 e. The Labute approximate surface area is 131 Å². The molecular weight excluding hydrogens is 276 g/mol. The van der Waals surface area contributed by atoms with E-state index in [1.54, 1.807) is 6.26 Å². The molecule has 118 valence electrons. The van der Waals surface area contributed by atoms with Gasteiger partial charge in [0.2, 0.25) is 5.91 Å². The summed E-state index contributed by atoms with van der Waals surface area (Å²) in [5, 5.41) is 6.32. The third kappa shape index (κ3) is 4.46. The van der Waals surface area contributed by atoms with E-state index in [1.165, 1.54) is 0 Å². The molecule has 0 aliphatic rings. The van der Waals surface area contributed by atoms with Crippen LogP contribution < -0.4 is 10.6 Å². The number of amides is 1. The first kappa shape index (κ1) is 16.3. The minimum atomic E-state index is -0.122. The van der Waals surface area contributed by atoms with E-state index >= 15 is 0 Å². The molecule has 0 saturated heterocycles. The molecule has 2 rings (SSSR count). The molecule has 0 aliphatic carbocycles. The van der Waals surface area contributed by atoms with Gasteiger partial charge in [-0.25, -0.2) is 0 Å². The molecule has 1 heterocycles. The zero-order valence-corrected chi connectivity index (χ0v) is 13.2. The van der Waals surface area contributed by atoms with Crippen LogP contribution in [-0.4, -0.2) is 18.5 Å². The van der Waals surface area contributed by atoms with Gasteiger partial charge in [0.05, 0.1) is 18.8 Å². The van der Waals surface area contributed by atoms with Crippen LogP contribution in [0.5, 0.6) is 0 Å². The molecule has 1 aromatic heterocycles. The van der Waals surface area contributed by atoms with Gasteiger partial charge >= 0.3 is 0 Å². The number of hydrogen-bond donors (Lipinski definition) is 2. The number of nitrogens with one attached hydrogen (secondary N) is 2. The molecule has 1 atom stereocenters. The lowest BCUT2D eigenvalue weighted by molar-refractivity contribution is -0.121. The van der Waals surface area contributed by atoms with E-state index in [4.69, 9.17) is 4.42 Å². The fraction of sp³-hybridized carbons (Fsp3) is 0.389. The monoisotopic (exact) mass is 300 g/mol. The molecule has 4 heteroatoms. The normalized spacial score (nSPS) is 12.3. The number of carbonyl (C=O) groups excluding carboxylic acids is 1. The second kappa shape index (κ2) is 8.39. The van der Waals surface area contributed by atoms with Gasteiger partial charge in [0.15, 0.2) is 0 Å². The van der Waals surface area contributed by atoms with Crippen molar-refractivity contribution < 1.29 is 9.21 Å². The lowest BCUT2D eigenvalue weighted by atomic mass is 10.0. The average molecular weight is 300 g/mol. The van der Waals surface area contributed by atoms with Crippen molar-refractivity contribution in [2.45, 2.75) is 38.8 Å². The first-order valence-corrected chi connectivity index (χ1v) is 7.85. The Morgan fingerprint density at radius 2 is 1.82 bits per heavy atom. The van der Waals surface area contributed by atoms with E-state index in [0.717, 1.165) is 24.2 Å². The van der Waals surface area contributed by atoms with Crippen molar-refractivity contribution in [3.8, 4) is 0 Å². The largest absolute Gasteiger partial charge is 0.467 e. The molecule has 1 amide bonds. The number of carbonyl (C=O) groups is 1. The lowest BCUT2D eigenvalue weighted by Crippen LogP contribution is -2.41. The molecule has 0 spiro atoms. The summed E-state index contributed by atoms with van der Waals surface area (Å²) in [5.41, 5.74) is 1.08. The van der Waals surface area contributed by atoms with Gasteiger partial charge < -0.3 is 9.73 Å². The SMILES string of the molecule is CCC(CC)NC(=O)CN[C@H](c1ccccc1)c1ccco1. The first-order chi connectivity index (χ1) is 10.7. The fourth-order valence-corrected chi connectivity index (χ4v) is 2.45. The molecular formula is C18H24N2O2. The zero-order chi connectivity index (χ0) is 15.8. The van der Waals surface area contributed by atoms with Crippen molar-refractivity contribution in [3.63, 3.8) is 0 Å². The van der Waals surface area contributed by atoms with E-state index < -0.39 is 0 Å². The Morgan fingerprint density at radius 1 is 1.09 bits per heavy atom. The van der Waals surface area contributed by atoms with E-state index in [0.29, 0.717) is 0 Å². The summed E-state index contributed by atoms with van der Waals surface area (Å²) in [6.07, 6.45) is 3.54. The molecule has 0 unspecified atom stereocenters. The van der Waals surface area contributed by atoms with Gasteiger partial charge in [0.1, 0.15) is 5.76 Å². The van der Waals surface area contributed by atoms with E-state index in [2.05, 4.69) is 24.5 Å². The standard InChI is InChI=1S/C18H24N2O2/c1-3-15(4-2)20-17(21)13-19-18(16-11-8-12-22-16)14-9-6-5-7-10-14/h5-12,15,18-19H,3-4,13H2,1-2H3,(H,20,21)/t18-/m1/s1. The smallest absolute Gasteiger partial charge is 0.234 e. The van der Waals surface area contributed by atoms with Crippen LogP contribution in [-0.2, 0) is 4.79 Å². The summed E-state index contributed by atoms with van der Waals surface area (Å²) >= 11 is 0. The second-order valence-electron chi connectivity index (χ2n) is 5.32. The predicted octanol–water partition coefficient (Wildman–Crippen LogP) is 3.26. The fourth-order valence-electron chi connectivity index (χ4n) is 2.45. The van der Waals surface area contributed by atoms with Gasteiger partial charge in [-0.2, -0.15) is 0 Å². The van der Waals surface area contributed by atoms with Gasteiger partial charge in [0, 0.05) is 6.04 Å². The first-order valence-electron chi connectivity index (χ1n) is 7.85. The highest BCUT2D eigenvalue weighted by Gasteiger charge is 2.18. The number of furan rings is 1. The maximum absolute atomic E-state index is 12.1. The summed E-state index contributed by atoms with van der Waals surface area (Å²) in [6, 6.07) is 13.9. The molecule has 0 bridgehead atoms. The van der Waals surface area contributed by atoms with Crippen LogP contribution in [0, 0.1) is 0 Å². The van der Waals surface area contributed by atoms with Crippen LogP contribution in [0.2, 0.25) is 0 Å². The van der Waals surface area contributed by atoms with Crippen LogP contribution in [0.1, 0.15) is 44.1 Å². The van der Waals surface area contributed by atoms with Gasteiger partial charge in [-0.05, 0) is 30.5 Å². The zero-order valence-electron chi connectivity index (χ0n) is 13.2. The molecule has 0 saturated carbocycles. The van der Waals surface area contributed by atoms with Crippen LogP contribution >= 0.6 is 0 Å².